The monoisotopic (exact) mass is 493 g/mol. The first-order chi connectivity index (χ1) is 15.9. The lowest BCUT2D eigenvalue weighted by Gasteiger charge is -2.10. The SMILES string of the molecule is Cc1nn(-c2cccc(C(F)(F)F)c2)c(C)c1C(=O)C(=O)NCCCS(=O)(=O)c1ccccc1. The maximum atomic E-state index is 13.0. The number of hydrogen-bond donors (Lipinski definition) is 1. The number of amides is 1. The Morgan fingerprint density at radius 1 is 1.03 bits per heavy atom. The Hall–Kier alpha value is -3.47. The van der Waals surface area contributed by atoms with Crippen LogP contribution in [0.15, 0.2) is 59.5 Å². The molecule has 0 aliphatic carbocycles. The highest BCUT2D eigenvalue weighted by Crippen LogP contribution is 2.31. The number of carbonyl (C=O) groups excluding carboxylic acids is 2. The van der Waals surface area contributed by atoms with Gasteiger partial charge in [0.05, 0.1) is 38.9 Å². The molecule has 0 fully saturated rings. The summed E-state index contributed by atoms with van der Waals surface area (Å²) in [6.07, 6.45) is -4.45. The Balaban J connectivity index is 1.68. The lowest BCUT2D eigenvalue weighted by atomic mass is 10.1. The molecule has 180 valence electrons. The summed E-state index contributed by atoms with van der Waals surface area (Å²) in [5, 5.41) is 6.54. The molecule has 0 unspecified atom stereocenters. The van der Waals surface area contributed by atoms with Gasteiger partial charge < -0.3 is 5.32 Å². The van der Waals surface area contributed by atoms with Crippen molar-refractivity contribution >= 4 is 21.5 Å². The molecule has 7 nitrogen and oxygen atoms in total. The van der Waals surface area contributed by atoms with E-state index in [1.54, 1.807) is 18.2 Å². The molecule has 0 saturated carbocycles. The van der Waals surface area contributed by atoms with Crippen molar-refractivity contribution in [1.29, 1.82) is 0 Å². The zero-order chi connectivity index (χ0) is 25.1. The molecule has 0 bridgehead atoms. The number of halogens is 3. The van der Waals surface area contributed by atoms with Gasteiger partial charge >= 0.3 is 6.18 Å². The van der Waals surface area contributed by atoms with Crippen molar-refractivity contribution < 1.29 is 31.2 Å². The summed E-state index contributed by atoms with van der Waals surface area (Å²) in [6, 6.07) is 12.3. The van der Waals surface area contributed by atoms with Gasteiger partial charge in [0.2, 0.25) is 0 Å². The Labute approximate surface area is 194 Å². The minimum Gasteiger partial charge on any atom is -0.349 e. The average molecular weight is 494 g/mol. The second-order valence-electron chi connectivity index (χ2n) is 7.58. The number of hydrogen-bond acceptors (Lipinski definition) is 5. The van der Waals surface area contributed by atoms with Crippen LogP contribution in [0.5, 0.6) is 0 Å². The second-order valence-corrected chi connectivity index (χ2v) is 9.69. The van der Waals surface area contributed by atoms with Gasteiger partial charge in [-0.25, -0.2) is 13.1 Å². The molecule has 11 heteroatoms. The number of ketones is 1. The third-order valence-electron chi connectivity index (χ3n) is 5.12. The zero-order valence-corrected chi connectivity index (χ0v) is 19.2. The van der Waals surface area contributed by atoms with Gasteiger partial charge in [-0.3, -0.25) is 9.59 Å². The van der Waals surface area contributed by atoms with E-state index >= 15 is 0 Å². The normalized spacial score (nSPS) is 11.9. The fourth-order valence-corrected chi connectivity index (χ4v) is 4.77. The zero-order valence-electron chi connectivity index (χ0n) is 18.4. The number of rotatable bonds is 8. The highest BCUT2D eigenvalue weighted by molar-refractivity contribution is 7.91. The summed E-state index contributed by atoms with van der Waals surface area (Å²) >= 11 is 0. The minimum absolute atomic E-state index is 0.0215. The third-order valence-corrected chi connectivity index (χ3v) is 6.94. The van der Waals surface area contributed by atoms with E-state index in [0.29, 0.717) is 0 Å². The number of alkyl halides is 3. The molecule has 0 spiro atoms. The van der Waals surface area contributed by atoms with E-state index in [1.807, 2.05) is 0 Å². The van der Waals surface area contributed by atoms with Crippen LogP contribution < -0.4 is 5.32 Å². The summed E-state index contributed by atoms with van der Waals surface area (Å²) < 4.78 is 64.9. The van der Waals surface area contributed by atoms with E-state index in [-0.39, 0.29) is 46.3 Å². The predicted octanol–water partition coefficient (Wildman–Crippen LogP) is 3.67. The van der Waals surface area contributed by atoms with Gasteiger partial charge in [0.25, 0.3) is 11.7 Å². The fourth-order valence-electron chi connectivity index (χ4n) is 3.44. The number of aromatic nitrogens is 2. The van der Waals surface area contributed by atoms with E-state index in [1.165, 1.54) is 42.8 Å². The molecule has 1 aromatic heterocycles. The molecule has 0 saturated heterocycles. The smallest absolute Gasteiger partial charge is 0.349 e. The van der Waals surface area contributed by atoms with Crippen molar-refractivity contribution in [3.63, 3.8) is 0 Å². The molecule has 3 aromatic rings. The largest absolute Gasteiger partial charge is 0.416 e. The molecule has 2 aromatic carbocycles. The first kappa shape index (κ1) is 25.2. The Kier molecular flexibility index (Phi) is 7.25. The van der Waals surface area contributed by atoms with Crippen LogP contribution in [-0.4, -0.2) is 42.2 Å². The van der Waals surface area contributed by atoms with E-state index < -0.39 is 33.3 Å². The van der Waals surface area contributed by atoms with Crippen LogP contribution in [-0.2, 0) is 20.8 Å². The Morgan fingerprint density at radius 3 is 2.35 bits per heavy atom. The molecular formula is C23H22F3N3O4S. The lowest BCUT2D eigenvalue weighted by Crippen LogP contribution is -2.33. The maximum Gasteiger partial charge on any atom is 0.416 e. The quantitative estimate of drug-likeness (QED) is 0.293. The van der Waals surface area contributed by atoms with Crippen LogP contribution in [0.3, 0.4) is 0 Å². The molecule has 0 aliphatic rings. The van der Waals surface area contributed by atoms with Crippen LogP contribution in [0, 0.1) is 13.8 Å². The van der Waals surface area contributed by atoms with E-state index in [0.717, 1.165) is 12.1 Å². The molecule has 0 radical (unpaired) electrons. The average Bonchev–Trinajstić information content (AvgIpc) is 3.10. The van der Waals surface area contributed by atoms with Crippen LogP contribution in [0.1, 0.15) is 33.7 Å². The number of sulfone groups is 1. The van der Waals surface area contributed by atoms with Crippen LogP contribution in [0.2, 0.25) is 0 Å². The Bertz CT molecular complexity index is 1320. The highest BCUT2D eigenvalue weighted by atomic mass is 32.2. The summed E-state index contributed by atoms with van der Waals surface area (Å²) in [6.45, 7) is 2.91. The highest BCUT2D eigenvalue weighted by Gasteiger charge is 2.31. The molecule has 0 atom stereocenters. The lowest BCUT2D eigenvalue weighted by molar-refractivity contribution is -0.137. The van der Waals surface area contributed by atoms with E-state index in [2.05, 4.69) is 10.4 Å². The number of benzene rings is 2. The van der Waals surface area contributed by atoms with Crippen molar-refractivity contribution in [2.24, 2.45) is 0 Å². The summed E-state index contributed by atoms with van der Waals surface area (Å²) in [7, 11) is -3.52. The van der Waals surface area contributed by atoms with Gasteiger partial charge in [0.1, 0.15) is 0 Å². The number of aryl methyl sites for hydroxylation is 1. The van der Waals surface area contributed by atoms with Gasteiger partial charge in [0.15, 0.2) is 9.84 Å². The van der Waals surface area contributed by atoms with E-state index in [9.17, 15) is 31.2 Å². The summed E-state index contributed by atoms with van der Waals surface area (Å²) in [5.74, 6) is -2.07. The molecular weight excluding hydrogens is 471 g/mol. The van der Waals surface area contributed by atoms with Crippen molar-refractivity contribution in [2.75, 3.05) is 12.3 Å². The molecule has 0 aliphatic heterocycles. The van der Waals surface area contributed by atoms with E-state index in [4.69, 9.17) is 0 Å². The van der Waals surface area contributed by atoms with Crippen LogP contribution in [0.4, 0.5) is 13.2 Å². The van der Waals surface area contributed by atoms with Gasteiger partial charge in [-0.15, -0.1) is 0 Å². The topological polar surface area (TPSA) is 98.1 Å². The van der Waals surface area contributed by atoms with Gasteiger partial charge in [-0.2, -0.15) is 18.3 Å². The van der Waals surface area contributed by atoms with Crippen LogP contribution >= 0.6 is 0 Å². The molecule has 34 heavy (non-hydrogen) atoms. The predicted molar refractivity (Wildman–Crippen MR) is 118 cm³/mol. The van der Waals surface area contributed by atoms with Gasteiger partial charge in [-0.1, -0.05) is 24.3 Å². The number of nitrogens with one attached hydrogen (secondary N) is 1. The van der Waals surface area contributed by atoms with Crippen molar-refractivity contribution in [3.8, 4) is 5.69 Å². The summed E-state index contributed by atoms with van der Waals surface area (Å²) in [5.41, 5.74) is -0.396. The fraction of sp³-hybridized carbons (Fsp3) is 0.261. The van der Waals surface area contributed by atoms with Crippen LogP contribution in [0.25, 0.3) is 5.69 Å². The molecule has 1 amide bonds. The molecule has 1 N–H and O–H groups in total. The van der Waals surface area contributed by atoms with Crippen molar-refractivity contribution in [3.05, 3.63) is 77.1 Å². The van der Waals surface area contributed by atoms with Gasteiger partial charge in [0, 0.05) is 6.54 Å². The molecule has 3 rings (SSSR count). The first-order valence-electron chi connectivity index (χ1n) is 10.3. The van der Waals surface area contributed by atoms with Crippen molar-refractivity contribution in [1.82, 2.24) is 15.1 Å². The first-order valence-corrected chi connectivity index (χ1v) is 11.9. The second kappa shape index (κ2) is 9.80. The summed E-state index contributed by atoms with van der Waals surface area (Å²) in [4.78, 5) is 25.3. The number of carbonyl (C=O) groups is 2. The van der Waals surface area contributed by atoms with Gasteiger partial charge in [-0.05, 0) is 50.6 Å². The number of nitrogens with zero attached hydrogens (tertiary/aromatic N) is 2. The number of Topliss-reactive ketones (excluding diaryl/α,β-unsaturated/α-hetero) is 1. The standard InChI is InChI=1S/C23H22F3N3O4S/c1-15-20(16(2)29(28-15)18-9-6-8-17(14-18)23(24,25)26)21(30)22(31)27-12-7-13-34(32,33)19-10-4-3-5-11-19/h3-6,8-11,14H,7,12-13H2,1-2H3,(H,27,31). The minimum atomic E-state index is -4.54. The molecule has 1 heterocycles. The maximum absolute atomic E-state index is 13.0. The Morgan fingerprint density at radius 2 is 1.71 bits per heavy atom. The van der Waals surface area contributed by atoms with Crippen molar-refractivity contribution in [2.45, 2.75) is 31.3 Å². The third kappa shape index (κ3) is 5.53.